The van der Waals surface area contributed by atoms with Gasteiger partial charge in [-0.3, -0.25) is 0 Å². The first-order valence-corrected chi connectivity index (χ1v) is 9.79. The molecular weight excluding hydrogens is 479 g/mol. The third-order valence-electron chi connectivity index (χ3n) is 2.86. The van der Waals surface area contributed by atoms with Crippen molar-refractivity contribution in [3.63, 3.8) is 0 Å². The fraction of sp³-hybridized carbons (Fsp3) is 0.143. The van der Waals surface area contributed by atoms with E-state index in [-0.39, 0.29) is 4.90 Å². The highest BCUT2D eigenvalue weighted by Crippen LogP contribution is 2.40. The van der Waals surface area contributed by atoms with E-state index in [1.807, 2.05) is 12.1 Å². The molecule has 0 aliphatic rings. The smallest absolute Gasteiger partial charge is 0.207 e. The average molecular weight is 491 g/mol. The van der Waals surface area contributed by atoms with Crippen LogP contribution in [0, 0.1) is 3.57 Å². The van der Waals surface area contributed by atoms with E-state index in [2.05, 4.69) is 27.3 Å². The summed E-state index contributed by atoms with van der Waals surface area (Å²) in [5.74, 6) is 0. The van der Waals surface area contributed by atoms with Crippen molar-refractivity contribution in [1.82, 2.24) is 4.72 Å². The van der Waals surface area contributed by atoms with Gasteiger partial charge in [0, 0.05) is 3.57 Å². The molecule has 0 bridgehead atoms. The summed E-state index contributed by atoms with van der Waals surface area (Å²) in [6.45, 7) is 0. The van der Waals surface area contributed by atoms with Gasteiger partial charge < -0.3 is 0 Å². The molecule has 0 aliphatic heterocycles. The number of sulfonamides is 1. The Morgan fingerprint density at radius 2 is 1.50 bits per heavy atom. The minimum Gasteiger partial charge on any atom is -0.207 e. The Hall–Kier alpha value is -0.0500. The van der Waals surface area contributed by atoms with Gasteiger partial charge in [0.05, 0.1) is 10.9 Å². The number of hydrogen-bond donors (Lipinski definition) is 1. The van der Waals surface area contributed by atoms with Crippen LogP contribution in [0.3, 0.4) is 0 Å². The fourth-order valence-electron chi connectivity index (χ4n) is 1.80. The van der Waals surface area contributed by atoms with Crippen LogP contribution in [0.5, 0.6) is 0 Å². The lowest BCUT2D eigenvalue weighted by Crippen LogP contribution is -2.36. The molecule has 2 rings (SSSR count). The number of halogens is 4. The zero-order valence-corrected chi connectivity index (χ0v) is 16.3. The number of hydrogen-bond acceptors (Lipinski definition) is 2. The third kappa shape index (κ3) is 4.72. The third-order valence-corrected chi connectivity index (χ3v) is 5.67. The van der Waals surface area contributed by atoms with Gasteiger partial charge in [0.15, 0.2) is 0 Å². The monoisotopic (exact) mass is 489 g/mol. The predicted octanol–water partition coefficient (Wildman–Crippen LogP) is 4.68. The van der Waals surface area contributed by atoms with Crippen LogP contribution in [0.2, 0.25) is 0 Å². The number of rotatable bonds is 4. The van der Waals surface area contributed by atoms with E-state index in [4.69, 9.17) is 34.8 Å². The molecule has 0 aliphatic carbocycles. The first-order chi connectivity index (χ1) is 10.2. The number of nitrogens with one attached hydrogen (secondary N) is 1. The van der Waals surface area contributed by atoms with Crippen molar-refractivity contribution in [1.29, 1.82) is 0 Å². The van der Waals surface area contributed by atoms with Gasteiger partial charge in [-0.2, -0.15) is 4.72 Å². The summed E-state index contributed by atoms with van der Waals surface area (Å²) in [6, 6.07) is 14.0. The second-order valence-corrected chi connectivity index (χ2v) is 9.79. The van der Waals surface area contributed by atoms with Gasteiger partial charge in [-0.15, -0.1) is 0 Å². The molecule has 0 saturated heterocycles. The largest absolute Gasteiger partial charge is 0.241 e. The van der Waals surface area contributed by atoms with Crippen LogP contribution in [-0.4, -0.2) is 12.2 Å². The van der Waals surface area contributed by atoms with Crippen molar-refractivity contribution in [2.45, 2.75) is 14.7 Å². The van der Waals surface area contributed by atoms with E-state index in [0.717, 1.165) is 3.57 Å². The van der Waals surface area contributed by atoms with Crippen molar-refractivity contribution < 1.29 is 8.42 Å². The van der Waals surface area contributed by atoms with Crippen molar-refractivity contribution in [2.24, 2.45) is 0 Å². The molecule has 0 fully saturated rings. The van der Waals surface area contributed by atoms with Gasteiger partial charge in [0.1, 0.15) is 0 Å². The second-order valence-electron chi connectivity index (χ2n) is 4.46. The maximum Gasteiger partial charge on any atom is 0.241 e. The van der Waals surface area contributed by atoms with Crippen molar-refractivity contribution in [3.8, 4) is 0 Å². The molecule has 8 heteroatoms. The summed E-state index contributed by atoms with van der Waals surface area (Å²) >= 11 is 20.0. The Bertz CT molecular complexity index is 731. The maximum absolute atomic E-state index is 12.4. The molecule has 22 heavy (non-hydrogen) atoms. The summed E-state index contributed by atoms with van der Waals surface area (Å²) in [6.07, 6.45) is 0. The fourth-order valence-corrected chi connectivity index (χ4v) is 4.17. The van der Waals surface area contributed by atoms with Crippen LogP contribution in [0.15, 0.2) is 59.5 Å². The predicted molar refractivity (Wildman–Crippen MR) is 99.0 cm³/mol. The molecule has 1 N–H and O–H groups in total. The molecule has 0 heterocycles. The molecule has 2 aromatic rings. The van der Waals surface area contributed by atoms with E-state index < -0.39 is 19.9 Å². The quantitative estimate of drug-likeness (QED) is 0.500. The average Bonchev–Trinajstić information content (AvgIpc) is 2.46. The molecule has 0 amide bonds. The van der Waals surface area contributed by atoms with E-state index in [1.165, 1.54) is 12.1 Å². The molecule has 0 aromatic heterocycles. The Balaban J connectivity index is 2.38. The standard InChI is InChI=1S/C14H11Cl3INO2S/c15-14(16,17)13(10-6-8-11(18)9-7-10)19-22(20,21)12-4-2-1-3-5-12/h1-9,13,19H/t13-/m0/s1. The first kappa shape index (κ1) is 18.3. The van der Waals surface area contributed by atoms with Crippen LogP contribution in [-0.2, 0) is 10.0 Å². The van der Waals surface area contributed by atoms with Gasteiger partial charge >= 0.3 is 0 Å². The highest BCUT2D eigenvalue weighted by molar-refractivity contribution is 14.1. The van der Waals surface area contributed by atoms with Gasteiger partial charge in [0.2, 0.25) is 13.8 Å². The lowest BCUT2D eigenvalue weighted by molar-refractivity contribution is 0.558. The van der Waals surface area contributed by atoms with Crippen molar-refractivity contribution >= 4 is 67.4 Å². The molecule has 0 unspecified atom stereocenters. The van der Waals surface area contributed by atoms with E-state index in [9.17, 15) is 8.42 Å². The molecule has 118 valence electrons. The number of alkyl halides is 3. The minimum atomic E-state index is -3.81. The Kier molecular flexibility index (Phi) is 6.01. The highest BCUT2D eigenvalue weighted by atomic mass is 127. The molecule has 0 saturated carbocycles. The van der Waals surface area contributed by atoms with Crippen molar-refractivity contribution in [3.05, 3.63) is 63.7 Å². The molecule has 0 spiro atoms. The van der Waals surface area contributed by atoms with E-state index in [1.54, 1.807) is 30.3 Å². The molecule has 1 atom stereocenters. The summed E-state index contributed by atoms with van der Waals surface area (Å²) in [7, 11) is -3.81. The minimum absolute atomic E-state index is 0.111. The van der Waals surface area contributed by atoms with Gasteiger partial charge in [-0.05, 0) is 52.4 Å². The highest BCUT2D eigenvalue weighted by Gasteiger charge is 2.37. The van der Waals surface area contributed by atoms with Gasteiger partial charge in [-0.25, -0.2) is 8.42 Å². The first-order valence-electron chi connectivity index (χ1n) is 6.10. The Morgan fingerprint density at radius 3 is 2.00 bits per heavy atom. The molecule has 3 nitrogen and oxygen atoms in total. The van der Waals surface area contributed by atoms with E-state index in [0.29, 0.717) is 5.56 Å². The van der Waals surface area contributed by atoms with Crippen LogP contribution in [0.25, 0.3) is 0 Å². The lowest BCUT2D eigenvalue weighted by atomic mass is 10.1. The summed E-state index contributed by atoms with van der Waals surface area (Å²) in [4.78, 5) is 0.111. The van der Waals surface area contributed by atoms with Crippen LogP contribution in [0.1, 0.15) is 11.6 Å². The second kappa shape index (κ2) is 7.23. The van der Waals surface area contributed by atoms with Crippen LogP contribution in [0.4, 0.5) is 0 Å². The number of benzene rings is 2. The molecule has 0 radical (unpaired) electrons. The SMILES string of the molecule is O=S(=O)(N[C@@H](c1ccc(I)cc1)C(Cl)(Cl)Cl)c1ccccc1. The summed E-state index contributed by atoms with van der Waals surface area (Å²) in [5.41, 5.74) is 0.569. The zero-order chi connectivity index (χ0) is 16.4. The zero-order valence-electron chi connectivity index (χ0n) is 11.0. The van der Waals surface area contributed by atoms with Crippen LogP contribution >= 0.6 is 57.4 Å². The van der Waals surface area contributed by atoms with Gasteiger partial charge in [0.25, 0.3) is 0 Å². The Labute approximate surface area is 158 Å². The lowest BCUT2D eigenvalue weighted by Gasteiger charge is -2.26. The van der Waals surface area contributed by atoms with E-state index >= 15 is 0 Å². The van der Waals surface area contributed by atoms with Crippen molar-refractivity contribution in [2.75, 3.05) is 0 Å². The summed E-state index contributed by atoms with van der Waals surface area (Å²) in [5, 5.41) is 0. The molecule has 2 aromatic carbocycles. The molecular formula is C14H11Cl3INO2S. The Morgan fingerprint density at radius 1 is 0.955 bits per heavy atom. The topological polar surface area (TPSA) is 46.2 Å². The van der Waals surface area contributed by atoms with Crippen LogP contribution < -0.4 is 4.72 Å². The maximum atomic E-state index is 12.4. The normalized spacial score (nSPS) is 13.8. The van der Waals surface area contributed by atoms with Gasteiger partial charge in [-0.1, -0.05) is 65.1 Å². The summed E-state index contributed by atoms with van der Waals surface area (Å²) < 4.78 is 26.5.